The molecule has 0 atom stereocenters. The fourth-order valence-corrected chi connectivity index (χ4v) is 4.81. The molecule has 3 aromatic carbocycles. The molecule has 0 aliphatic carbocycles. The molecule has 0 bridgehead atoms. The van der Waals surface area contributed by atoms with E-state index in [1.54, 1.807) is 42.5 Å². The van der Waals surface area contributed by atoms with E-state index in [0.717, 1.165) is 22.1 Å². The van der Waals surface area contributed by atoms with Gasteiger partial charge in [-0.05, 0) is 58.4 Å². The van der Waals surface area contributed by atoms with E-state index in [4.69, 9.17) is 4.42 Å². The van der Waals surface area contributed by atoms with Crippen LogP contribution in [0.5, 0.6) is 0 Å². The topological polar surface area (TPSA) is 123 Å². The van der Waals surface area contributed by atoms with Crippen molar-refractivity contribution in [2.45, 2.75) is 0 Å². The summed E-state index contributed by atoms with van der Waals surface area (Å²) < 4.78 is 6.26. The van der Waals surface area contributed by atoms with Crippen LogP contribution in [-0.2, 0) is 0 Å². The van der Waals surface area contributed by atoms with E-state index in [2.05, 4.69) is 36.8 Å². The van der Waals surface area contributed by atoms with Gasteiger partial charge in [0.25, 0.3) is 11.6 Å². The Bertz CT molecular complexity index is 1630. The molecule has 0 aliphatic heterocycles. The second kappa shape index (κ2) is 11.2. The molecule has 38 heavy (non-hydrogen) atoms. The zero-order valence-corrected chi connectivity index (χ0v) is 21.9. The van der Waals surface area contributed by atoms with E-state index in [0.29, 0.717) is 27.1 Å². The summed E-state index contributed by atoms with van der Waals surface area (Å²) in [6.45, 7) is 0. The minimum absolute atomic E-state index is 0.0270. The smallest absolute Gasteiger partial charge is 0.271 e. The van der Waals surface area contributed by atoms with Crippen LogP contribution in [0.2, 0.25) is 0 Å². The standard InChI is InChI=1S/C27H18BrN5O4S/c28-23-14-20(33(35)36)10-12-22(23)25-13-11-21(37-25)15-29-32-26(34)18-6-8-19(9-7-18)30-27-31-24(16-38-27)17-4-2-1-3-5-17/h1-16H,(H,30,31)(H,32,34). The number of halogens is 1. The SMILES string of the molecule is O=C(NN=Cc1ccc(-c2ccc([N+](=O)[O-])cc2Br)o1)c1ccc(Nc2nc(-c3ccccc3)cs2)cc1. The molecule has 11 heteroatoms. The van der Waals surface area contributed by atoms with Crippen molar-refractivity contribution in [2.75, 3.05) is 5.32 Å². The molecular formula is C27H18BrN5O4S. The van der Waals surface area contributed by atoms with Crippen molar-refractivity contribution in [3.05, 3.63) is 116 Å². The van der Waals surface area contributed by atoms with Crippen LogP contribution in [0.4, 0.5) is 16.5 Å². The number of thiazole rings is 1. The summed E-state index contributed by atoms with van der Waals surface area (Å²) in [6, 6.07) is 24.7. The minimum atomic E-state index is -0.468. The summed E-state index contributed by atoms with van der Waals surface area (Å²) in [6.07, 6.45) is 1.38. The van der Waals surface area contributed by atoms with Crippen molar-refractivity contribution in [1.82, 2.24) is 10.4 Å². The van der Waals surface area contributed by atoms with E-state index >= 15 is 0 Å². The largest absolute Gasteiger partial charge is 0.455 e. The number of furan rings is 1. The molecule has 2 aromatic heterocycles. The van der Waals surface area contributed by atoms with Crippen molar-refractivity contribution >= 4 is 55.9 Å². The number of hydrazone groups is 1. The number of hydrogen-bond donors (Lipinski definition) is 2. The quantitative estimate of drug-likeness (QED) is 0.112. The number of benzene rings is 3. The third-order valence-corrected chi connectivity index (χ3v) is 6.80. The third kappa shape index (κ3) is 5.85. The van der Waals surface area contributed by atoms with Crippen LogP contribution in [0.3, 0.4) is 0 Å². The number of amides is 1. The fourth-order valence-electron chi connectivity index (χ4n) is 3.50. The normalized spacial score (nSPS) is 11.0. The van der Waals surface area contributed by atoms with Crippen molar-refractivity contribution in [3.8, 4) is 22.6 Å². The molecule has 0 saturated carbocycles. The Hall–Kier alpha value is -4.61. The van der Waals surface area contributed by atoms with Crippen LogP contribution >= 0.6 is 27.3 Å². The Labute approximate surface area is 229 Å². The predicted octanol–water partition coefficient (Wildman–Crippen LogP) is 7.25. The van der Waals surface area contributed by atoms with E-state index in [-0.39, 0.29) is 11.6 Å². The van der Waals surface area contributed by atoms with Gasteiger partial charge in [0.05, 0.1) is 16.8 Å². The molecule has 5 aromatic rings. The Kier molecular flexibility index (Phi) is 7.38. The summed E-state index contributed by atoms with van der Waals surface area (Å²) in [4.78, 5) is 27.5. The zero-order chi connectivity index (χ0) is 26.5. The molecule has 0 spiro atoms. The molecule has 188 valence electrons. The highest BCUT2D eigenvalue weighted by molar-refractivity contribution is 9.10. The van der Waals surface area contributed by atoms with Crippen LogP contribution in [0.1, 0.15) is 16.1 Å². The number of nitrogens with one attached hydrogen (secondary N) is 2. The Balaban J connectivity index is 1.17. The number of carbonyl (C=O) groups excluding carboxylic acids is 1. The first-order valence-electron chi connectivity index (χ1n) is 11.2. The number of hydrogen-bond acceptors (Lipinski definition) is 8. The molecule has 0 saturated heterocycles. The summed E-state index contributed by atoms with van der Waals surface area (Å²) in [5.41, 5.74) is 6.29. The lowest BCUT2D eigenvalue weighted by Crippen LogP contribution is -2.17. The number of carbonyl (C=O) groups is 1. The maximum atomic E-state index is 12.5. The van der Waals surface area contributed by atoms with Gasteiger partial charge in [-0.25, -0.2) is 10.4 Å². The highest BCUT2D eigenvalue weighted by atomic mass is 79.9. The number of nitro benzene ring substituents is 1. The van der Waals surface area contributed by atoms with Gasteiger partial charge in [-0.1, -0.05) is 30.3 Å². The van der Waals surface area contributed by atoms with Gasteiger partial charge >= 0.3 is 0 Å². The van der Waals surface area contributed by atoms with Gasteiger partial charge < -0.3 is 9.73 Å². The lowest BCUT2D eigenvalue weighted by Gasteiger charge is -2.04. The molecule has 1 amide bonds. The van der Waals surface area contributed by atoms with Crippen LogP contribution in [0.15, 0.2) is 104 Å². The average molecular weight is 588 g/mol. The number of nitro groups is 1. The Morgan fingerprint density at radius 1 is 1.05 bits per heavy atom. The second-order valence-corrected chi connectivity index (χ2v) is 9.64. The molecule has 9 nitrogen and oxygen atoms in total. The van der Waals surface area contributed by atoms with Gasteiger partial charge in [-0.3, -0.25) is 14.9 Å². The van der Waals surface area contributed by atoms with Gasteiger partial charge in [0.2, 0.25) is 0 Å². The van der Waals surface area contributed by atoms with Gasteiger partial charge in [-0.2, -0.15) is 5.10 Å². The second-order valence-electron chi connectivity index (χ2n) is 7.93. The number of nitrogens with zero attached hydrogens (tertiary/aromatic N) is 3. The van der Waals surface area contributed by atoms with Crippen molar-refractivity contribution in [1.29, 1.82) is 0 Å². The summed E-state index contributed by atoms with van der Waals surface area (Å²) >= 11 is 4.83. The fraction of sp³-hybridized carbons (Fsp3) is 0. The maximum absolute atomic E-state index is 12.5. The van der Waals surface area contributed by atoms with E-state index in [9.17, 15) is 14.9 Å². The average Bonchev–Trinajstić information content (AvgIpc) is 3.59. The number of anilines is 2. The number of non-ortho nitro benzene ring substituents is 1. The molecule has 0 fully saturated rings. The molecule has 0 radical (unpaired) electrons. The van der Waals surface area contributed by atoms with Gasteiger partial charge in [0.15, 0.2) is 5.13 Å². The Morgan fingerprint density at radius 3 is 2.58 bits per heavy atom. The van der Waals surface area contributed by atoms with Crippen LogP contribution < -0.4 is 10.7 Å². The van der Waals surface area contributed by atoms with E-state index in [1.165, 1.54) is 29.7 Å². The molecule has 2 heterocycles. The first kappa shape index (κ1) is 25.1. The summed E-state index contributed by atoms with van der Waals surface area (Å²) in [5, 5.41) is 20.9. The first-order chi connectivity index (χ1) is 18.5. The summed E-state index contributed by atoms with van der Waals surface area (Å²) in [5.74, 6) is 0.528. The highest BCUT2D eigenvalue weighted by Crippen LogP contribution is 2.32. The number of rotatable bonds is 8. The highest BCUT2D eigenvalue weighted by Gasteiger charge is 2.13. The van der Waals surface area contributed by atoms with E-state index < -0.39 is 4.92 Å². The van der Waals surface area contributed by atoms with Crippen LogP contribution in [-0.4, -0.2) is 22.0 Å². The first-order valence-corrected chi connectivity index (χ1v) is 12.9. The Morgan fingerprint density at radius 2 is 1.84 bits per heavy atom. The monoisotopic (exact) mass is 587 g/mol. The van der Waals surface area contributed by atoms with E-state index in [1.807, 2.05) is 35.7 Å². The number of aromatic nitrogens is 1. The third-order valence-electron chi connectivity index (χ3n) is 5.39. The van der Waals surface area contributed by atoms with Crippen molar-refractivity contribution in [2.24, 2.45) is 5.10 Å². The van der Waals surface area contributed by atoms with Gasteiger partial charge in [0.1, 0.15) is 11.5 Å². The van der Waals surface area contributed by atoms with Crippen molar-refractivity contribution in [3.63, 3.8) is 0 Å². The van der Waals surface area contributed by atoms with Crippen molar-refractivity contribution < 1.29 is 14.1 Å². The maximum Gasteiger partial charge on any atom is 0.271 e. The lowest BCUT2D eigenvalue weighted by molar-refractivity contribution is -0.384. The predicted molar refractivity (Wildman–Crippen MR) is 151 cm³/mol. The molecule has 0 unspecified atom stereocenters. The zero-order valence-electron chi connectivity index (χ0n) is 19.5. The molecular weight excluding hydrogens is 570 g/mol. The van der Waals surface area contributed by atoms with Gasteiger partial charge in [0, 0.05) is 44.4 Å². The summed E-state index contributed by atoms with van der Waals surface area (Å²) in [7, 11) is 0. The molecule has 5 rings (SSSR count). The van der Waals surface area contributed by atoms with Crippen LogP contribution in [0.25, 0.3) is 22.6 Å². The van der Waals surface area contributed by atoms with Crippen LogP contribution in [0, 0.1) is 10.1 Å². The minimum Gasteiger partial charge on any atom is -0.455 e. The van der Waals surface area contributed by atoms with Gasteiger partial charge in [-0.15, -0.1) is 11.3 Å². The lowest BCUT2D eigenvalue weighted by atomic mass is 10.1. The molecule has 0 aliphatic rings. The molecule has 2 N–H and O–H groups in total.